The number of nitro groups is 1. The first-order valence-corrected chi connectivity index (χ1v) is 13.4. The zero-order valence-electron chi connectivity index (χ0n) is 22.8. The molecule has 11 nitrogen and oxygen atoms in total. The van der Waals surface area contributed by atoms with Crippen molar-refractivity contribution >= 4 is 22.3 Å². The van der Waals surface area contributed by atoms with Crippen LogP contribution in [0.4, 0.5) is 11.4 Å². The Hall–Kier alpha value is -4.12. The Morgan fingerprint density at radius 1 is 1.05 bits per heavy atom. The number of anilines is 1. The van der Waals surface area contributed by atoms with Crippen LogP contribution in [-0.2, 0) is 12.0 Å². The average Bonchev–Trinajstić information content (AvgIpc) is 3.44. The highest BCUT2D eigenvalue weighted by Gasteiger charge is 2.35. The maximum absolute atomic E-state index is 13.5. The first-order chi connectivity index (χ1) is 18.7. The number of H-pyrrole nitrogens is 1. The van der Waals surface area contributed by atoms with Gasteiger partial charge in [0.15, 0.2) is 5.82 Å². The van der Waals surface area contributed by atoms with Gasteiger partial charge in [0.05, 0.1) is 10.5 Å². The number of aromatic nitrogens is 5. The molecule has 1 fully saturated rings. The maximum Gasteiger partial charge on any atom is 0.269 e. The third-order valence-electron chi connectivity index (χ3n) is 7.92. The van der Waals surface area contributed by atoms with Crippen LogP contribution in [0.5, 0.6) is 0 Å². The van der Waals surface area contributed by atoms with Crippen LogP contribution in [0.25, 0.3) is 10.9 Å². The molecule has 0 spiro atoms. The second kappa shape index (κ2) is 10.6. The highest BCUT2D eigenvalue weighted by Crippen LogP contribution is 2.32. The second-order valence-electron chi connectivity index (χ2n) is 10.6. The Morgan fingerprint density at radius 3 is 2.41 bits per heavy atom. The van der Waals surface area contributed by atoms with Crippen molar-refractivity contribution in [3.8, 4) is 0 Å². The van der Waals surface area contributed by atoms with E-state index in [1.165, 1.54) is 17.7 Å². The fourth-order valence-corrected chi connectivity index (χ4v) is 5.16. The van der Waals surface area contributed by atoms with Crippen molar-refractivity contribution in [3.63, 3.8) is 0 Å². The Balaban J connectivity index is 1.53. The molecule has 1 aliphatic heterocycles. The van der Waals surface area contributed by atoms with Gasteiger partial charge >= 0.3 is 0 Å². The molecular formula is C28H34N8O3. The largest absolute Gasteiger partial charge is 0.369 e. The molecule has 3 heterocycles. The summed E-state index contributed by atoms with van der Waals surface area (Å²) in [6.07, 6.45) is 1.72. The maximum atomic E-state index is 13.5. The summed E-state index contributed by atoms with van der Waals surface area (Å²) in [5, 5.41) is 24.9. The normalized spacial score (nSPS) is 15.5. The van der Waals surface area contributed by atoms with Gasteiger partial charge in [-0.1, -0.05) is 19.9 Å². The summed E-state index contributed by atoms with van der Waals surface area (Å²) >= 11 is 0. The molecule has 4 aromatic rings. The van der Waals surface area contributed by atoms with E-state index in [0.717, 1.165) is 29.4 Å². The number of non-ortho nitro benzene ring substituents is 1. The predicted octanol–water partition coefficient (Wildman–Crippen LogP) is 4.04. The van der Waals surface area contributed by atoms with Gasteiger partial charge in [0, 0.05) is 55.1 Å². The Labute approximate surface area is 226 Å². The van der Waals surface area contributed by atoms with Gasteiger partial charge in [-0.05, 0) is 78.4 Å². The smallest absolute Gasteiger partial charge is 0.269 e. The van der Waals surface area contributed by atoms with E-state index in [1.54, 1.807) is 12.1 Å². The molecule has 204 valence electrons. The second-order valence-corrected chi connectivity index (χ2v) is 10.6. The summed E-state index contributed by atoms with van der Waals surface area (Å²) < 4.78 is 1.85. The number of tetrazole rings is 1. The van der Waals surface area contributed by atoms with E-state index in [1.807, 2.05) is 22.9 Å². The molecular weight excluding hydrogens is 496 g/mol. The molecule has 1 aliphatic rings. The minimum atomic E-state index is -0.441. The Bertz CT molecular complexity index is 1530. The van der Waals surface area contributed by atoms with Crippen LogP contribution in [-0.4, -0.2) is 61.2 Å². The van der Waals surface area contributed by atoms with Crippen LogP contribution in [0, 0.1) is 10.1 Å². The number of hydrogen-bond donors (Lipinski definition) is 1. The van der Waals surface area contributed by atoms with Crippen molar-refractivity contribution in [2.75, 3.05) is 31.1 Å². The fourth-order valence-electron chi connectivity index (χ4n) is 5.16. The number of aromatic amines is 1. The third kappa shape index (κ3) is 5.14. The summed E-state index contributed by atoms with van der Waals surface area (Å²) in [5.41, 5.74) is 3.13. The lowest BCUT2D eigenvalue weighted by Gasteiger charge is -2.40. The standard InChI is InChI=1S/C28H34N8O3/c1-5-19-7-12-24-20(17-19)18-23(27(37)29-24)25(26-30-31-32-35(26)28(3,4)6-2)34-15-13-33(14-16-34)21-8-10-22(11-9-21)36(38)39/h7-12,17-18,25H,5-6,13-16H2,1-4H3,(H,29,37)/t25-/m0/s1. The van der Waals surface area contributed by atoms with Crippen LogP contribution in [0.2, 0.25) is 0 Å². The molecule has 11 heteroatoms. The molecule has 0 unspecified atom stereocenters. The highest BCUT2D eigenvalue weighted by atomic mass is 16.6. The van der Waals surface area contributed by atoms with Crippen LogP contribution in [0.3, 0.4) is 0 Å². The number of fused-ring (bicyclic) bond motifs is 1. The number of piperazine rings is 1. The molecule has 2 aromatic carbocycles. The zero-order chi connectivity index (χ0) is 27.7. The quantitative estimate of drug-likeness (QED) is 0.267. The molecule has 0 amide bonds. The van der Waals surface area contributed by atoms with Gasteiger partial charge in [-0.2, -0.15) is 0 Å². The number of aryl methyl sites for hydroxylation is 1. The van der Waals surface area contributed by atoms with Crippen molar-refractivity contribution < 1.29 is 4.92 Å². The zero-order valence-corrected chi connectivity index (χ0v) is 22.8. The molecule has 0 bridgehead atoms. The van der Waals surface area contributed by atoms with Crippen LogP contribution in [0.1, 0.15) is 57.1 Å². The summed E-state index contributed by atoms with van der Waals surface area (Å²) in [6, 6.07) is 14.3. The first kappa shape index (κ1) is 26.5. The van der Waals surface area contributed by atoms with Gasteiger partial charge in [0.25, 0.3) is 11.2 Å². The van der Waals surface area contributed by atoms with E-state index < -0.39 is 11.0 Å². The lowest BCUT2D eigenvalue weighted by atomic mass is 9.98. The van der Waals surface area contributed by atoms with Gasteiger partial charge in [0.2, 0.25) is 0 Å². The molecule has 0 radical (unpaired) electrons. The molecule has 2 aromatic heterocycles. The van der Waals surface area contributed by atoms with E-state index in [0.29, 0.717) is 37.6 Å². The lowest BCUT2D eigenvalue weighted by Crippen LogP contribution is -2.49. The van der Waals surface area contributed by atoms with Gasteiger partial charge in [-0.15, -0.1) is 5.10 Å². The first-order valence-electron chi connectivity index (χ1n) is 13.4. The Kier molecular flexibility index (Phi) is 7.17. The molecule has 5 rings (SSSR count). The van der Waals surface area contributed by atoms with E-state index in [2.05, 4.69) is 64.1 Å². The summed E-state index contributed by atoms with van der Waals surface area (Å²) in [5.74, 6) is 0.641. The number of pyridine rings is 1. The molecule has 1 atom stereocenters. The molecule has 0 saturated carbocycles. The van der Waals surface area contributed by atoms with Crippen molar-refractivity contribution in [2.24, 2.45) is 0 Å². The van der Waals surface area contributed by atoms with E-state index in [-0.39, 0.29) is 16.8 Å². The number of rotatable bonds is 8. The van der Waals surface area contributed by atoms with Crippen molar-refractivity contribution in [1.29, 1.82) is 0 Å². The van der Waals surface area contributed by atoms with Crippen LogP contribution in [0.15, 0.2) is 53.3 Å². The summed E-state index contributed by atoms with van der Waals surface area (Å²) in [7, 11) is 0. The topological polar surface area (TPSA) is 126 Å². The number of benzene rings is 2. The number of nitro benzene ring substituents is 1. The van der Waals surface area contributed by atoms with Crippen molar-refractivity contribution in [1.82, 2.24) is 30.1 Å². The van der Waals surface area contributed by atoms with Gasteiger partial charge < -0.3 is 9.88 Å². The van der Waals surface area contributed by atoms with Crippen LogP contribution >= 0.6 is 0 Å². The summed E-state index contributed by atoms with van der Waals surface area (Å²) in [4.78, 5) is 31.8. The number of nitrogens with one attached hydrogen (secondary N) is 1. The third-order valence-corrected chi connectivity index (χ3v) is 7.92. The van der Waals surface area contributed by atoms with Gasteiger partial charge in [-0.3, -0.25) is 19.8 Å². The molecule has 39 heavy (non-hydrogen) atoms. The minimum Gasteiger partial charge on any atom is -0.369 e. The predicted molar refractivity (Wildman–Crippen MR) is 150 cm³/mol. The Morgan fingerprint density at radius 2 is 1.77 bits per heavy atom. The number of hydrogen-bond acceptors (Lipinski definition) is 8. The number of nitrogens with zero attached hydrogens (tertiary/aromatic N) is 7. The van der Waals surface area contributed by atoms with E-state index in [9.17, 15) is 14.9 Å². The van der Waals surface area contributed by atoms with Gasteiger partial charge in [0.1, 0.15) is 6.04 Å². The average molecular weight is 531 g/mol. The summed E-state index contributed by atoms with van der Waals surface area (Å²) in [6.45, 7) is 11.1. The molecule has 0 aliphatic carbocycles. The lowest BCUT2D eigenvalue weighted by molar-refractivity contribution is -0.384. The van der Waals surface area contributed by atoms with E-state index in [4.69, 9.17) is 0 Å². The fraction of sp³-hybridized carbons (Fsp3) is 0.429. The van der Waals surface area contributed by atoms with Crippen LogP contribution < -0.4 is 10.5 Å². The van der Waals surface area contributed by atoms with Crippen molar-refractivity contribution in [2.45, 2.75) is 52.1 Å². The highest BCUT2D eigenvalue weighted by molar-refractivity contribution is 5.80. The molecule has 1 N–H and O–H groups in total. The van der Waals surface area contributed by atoms with Crippen molar-refractivity contribution in [3.05, 3.63) is 86.0 Å². The van der Waals surface area contributed by atoms with Gasteiger partial charge in [-0.25, -0.2) is 4.68 Å². The monoisotopic (exact) mass is 530 g/mol. The van der Waals surface area contributed by atoms with E-state index >= 15 is 0 Å². The minimum absolute atomic E-state index is 0.0737. The molecule has 1 saturated heterocycles. The SMILES string of the molecule is CCc1ccc2[nH]c(=O)c([C@@H](c3nnnn3C(C)(C)CC)N3CCN(c4ccc([N+](=O)[O-])cc4)CC3)cc2c1.